The molecule has 0 spiro atoms. The standard InChI is InChI=1S/C14H25NO/c1-9(2)6-14(16)15-10(3)13-8-11-4-5-12(13)7-11/h9-13H,4-8H2,1-3H3,(H,15,16)/t10-,11-,12-,13-/m0/s1. The zero-order valence-electron chi connectivity index (χ0n) is 10.8. The van der Waals surface area contributed by atoms with Gasteiger partial charge in [-0.15, -0.1) is 0 Å². The van der Waals surface area contributed by atoms with Crippen LogP contribution in [0.5, 0.6) is 0 Å². The van der Waals surface area contributed by atoms with Crippen molar-refractivity contribution >= 4 is 5.91 Å². The molecular weight excluding hydrogens is 198 g/mol. The van der Waals surface area contributed by atoms with Crippen molar-refractivity contribution in [2.75, 3.05) is 0 Å². The molecule has 2 nitrogen and oxygen atoms in total. The fourth-order valence-electron chi connectivity index (χ4n) is 3.70. The number of carbonyl (C=O) groups is 1. The summed E-state index contributed by atoms with van der Waals surface area (Å²) in [6, 6.07) is 0.390. The van der Waals surface area contributed by atoms with Crippen molar-refractivity contribution < 1.29 is 4.79 Å². The fraction of sp³-hybridized carbons (Fsp3) is 0.929. The van der Waals surface area contributed by atoms with Crippen LogP contribution >= 0.6 is 0 Å². The van der Waals surface area contributed by atoms with E-state index in [9.17, 15) is 4.79 Å². The van der Waals surface area contributed by atoms with E-state index in [4.69, 9.17) is 0 Å². The van der Waals surface area contributed by atoms with Crippen LogP contribution in [-0.4, -0.2) is 11.9 Å². The molecule has 0 heterocycles. The smallest absolute Gasteiger partial charge is 0.220 e. The Bertz CT molecular complexity index is 261. The molecule has 92 valence electrons. The lowest BCUT2D eigenvalue weighted by Gasteiger charge is -2.28. The Morgan fingerprint density at radius 3 is 2.50 bits per heavy atom. The van der Waals surface area contributed by atoms with Crippen LogP contribution in [-0.2, 0) is 4.79 Å². The number of hydrogen-bond acceptors (Lipinski definition) is 1. The van der Waals surface area contributed by atoms with Crippen molar-refractivity contribution in [2.24, 2.45) is 23.7 Å². The molecule has 0 aromatic heterocycles. The molecule has 16 heavy (non-hydrogen) atoms. The molecule has 2 rings (SSSR count). The average Bonchev–Trinajstić information content (AvgIpc) is 2.76. The highest BCUT2D eigenvalue weighted by Gasteiger charge is 2.42. The van der Waals surface area contributed by atoms with Crippen molar-refractivity contribution in [3.8, 4) is 0 Å². The van der Waals surface area contributed by atoms with Gasteiger partial charge in [0.15, 0.2) is 0 Å². The van der Waals surface area contributed by atoms with E-state index in [0.29, 0.717) is 18.4 Å². The van der Waals surface area contributed by atoms with Gasteiger partial charge in [0.25, 0.3) is 0 Å². The van der Waals surface area contributed by atoms with Gasteiger partial charge in [-0.3, -0.25) is 4.79 Å². The number of carbonyl (C=O) groups excluding carboxylic acids is 1. The summed E-state index contributed by atoms with van der Waals surface area (Å²) < 4.78 is 0. The van der Waals surface area contributed by atoms with E-state index in [1.54, 1.807) is 0 Å². The van der Waals surface area contributed by atoms with Crippen LogP contribution in [0.4, 0.5) is 0 Å². The number of fused-ring (bicyclic) bond motifs is 2. The van der Waals surface area contributed by atoms with Gasteiger partial charge in [0.1, 0.15) is 0 Å². The second-order valence-electron chi connectivity index (χ2n) is 6.29. The third-order valence-corrected chi connectivity index (χ3v) is 4.42. The maximum Gasteiger partial charge on any atom is 0.220 e. The topological polar surface area (TPSA) is 29.1 Å². The molecule has 4 atom stereocenters. The molecular formula is C14H25NO. The summed E-state index contributed by atoms with van der Waals surface area (Å²) >= 11 is 0. The van der Waals surface area contributed by atoms with E-state index in [1.807, 2.05) is 0 Å². The van der Waals surface area contributed by atoms with Gasteiger partial charge in [0, 0.05) is 12.5 Å². The van der Waals surface area contributed by atoms with Crippen molar-refractivity contribution in [2.45, 2.75) is 58.9 Å². The highest BCUT2D eigenvalue weighted by atomic mass is 16.1. The average molecular weight is 223 g/mol. The summed E-state index contributed by atoms with van der Waals surface area (Å²) in [6.45, 7) is 6.40. The summed E-state index contributed by atoms with van der Waals surface area (Å²) in [5.74, 6) is 3.34. The number of nitrogens with one attached hydrogen (secondary N) is 1. The predicted molar refractivity (Wildman–Crippen MR) is 66.0 cm³/mol. The number of hydrogen-bond donors (Lipinski definition) is 1. The maximum atomic E-state index is 11.7. The monoisotopic (exact) mass is 223 g/mol. The van der Waals surface area contributed by atoms with Crippen LogP contribution in [0.25, 0.3) is 0 Å². The molecule has 0 aromatic carbocycles. The van der Waals surface area contributed by atoms with Crippen LogP contribution in [0.2, 0.25) is 0 Å². The van der Waals surface area contributed by atoms with Gasteiger partial charge in [0.05, 0.1) is 0 Å². The molecule has 2 saturated carbocycles. The normalized spacial score (nSPS) is 34.4. The fourth-order valence-corrected chi connectivity index (χ4v) is 3.70. The van der Waals surface area contributed by atoms with Crippen LogP contribution in [0.1, 0.15) is 52.9 Å². The first-order valence-electron chi connectivity index (χ1n) is 6.85. The Balaban J connectivity index is 1.80. The molecule has 2 fully saturated rings. The quantitative estimate of drug-likeness (QED) is 0.780. The number of rotatable bonds is 4. The van der Waals surface area contributed by atoms with Crippen LogP contribution in [0.3, 0.4) is 0 Å². The first-order chi connectivity index (χ1) is 7.56. The maximum absolute atomic E-state index is 11.7. The minimum Gasteiger partial charge on any atom is -0.353 e. The molecule has 1 N–H and O–H groups in total. The Labute approximate surface area is 99.2 Å². The Morgan fingerprint density at radius 1 is 1.25 bits per heavy atom. The summed E-state index contributed by atoms with van der Waals surface area (Å²) in [7, 11) is 0. The summed E-state index contributed by atoms with van der Waals surface area (Å²) in [5.41, 5.74) is 0. The highest BCUT2D eigenvalue weighted by molar-refractivity contribution is 5.76. The van der Waals surface area contributed by atoms with E-state index < -0.39 is 0 Å². The predicted octanol–water partition coefficient (Wildman–Crippen LogP) is 2.97. The molecule has 0 radical (unpaired) electrons. The van der Waals surface area contributed by atoms with Crippen molar-refractivity contribution in [1.29, 1.82) is 0 Å². The molecule has 0 aromatic rings. The molecule has 0 unspecified atom stereocenters. The van der Waals surface area contributed by atoms with E-state index in [2.05, 4.69) is 26.1 Å². The summed E-state index contributed by atoms with van der Waals surface area (Å²) in [4.78, 5) is 11.7. The van der Waals surface area contributed by atoms with Crippen molar-refractivity contribution in [3.63, 3.8) is 0 Å². The van der Waals surface area contributed by atoms with Gasteiger partial charge in [-0.1, -0.05) is 20.3 Å². The first-order valence-corrected chi connectivity index (χ1v) is 6.85. The lowest BCUT2D eigenvalue weighted by Crippen LogP contribution is -2.40. The third kappa shape index (κ3) is 2.58. The van der Waals surface area contributed by atoms with Gasteiger partial charge >= 0.3 is 0 Å². The van der Waals surface area contributed by atoms with Gasteiger partial charge in [-0.2, -0.15) is 0 Å². The highest BCUT2D eigenvalue weighted by Crippen LogP contribution is 2.49. The van der Waals surface area contributed by atoms with Gasteiger partial charge in [-0.05, 0) is 49.9 Å². The van der Waals surface area contributed by atoms with E-state index in [-0.39, 0.29) is 5.91 Å². The third-order valence-electron chi connectivity index (χ3n) is 4.42. The van der Waals surface area contributed by atoms with Gasteiger partial charge in [0.2, 0.25) is 5.91 Å². The molecule has 2 aliphatic carbocycles. The van der Waals surface area contributed by atoms with Gasteiger partial charge < -0.3 is 5.32 Å². The summed E-state index contributed by atoms with van der Waals surface area (Å²) in [5, 5.41) is 3.20. The number of amides is 1. The molecule has 2 heteroatoms. The van der Waals surface area contributed by atoms with E-state index >= 15 is 0 Å². The minimum atomic E-state index is 0.241. The second kappa shape index (κ2) is 4.77. The van der Waals surface area contributed by atoms with Crippen molar-refractivity contribution in [1.82, 2.24) is 5.32 Å². The van der Waals surface area contributed by atoms with Gasteiger partial charge in [-0.25, -0.2) is 0 Å². The Hall–Kier alpha value is -0.530. The Kier molecular flexibility index (Phi) is 3.56. The van der Waals surface area contributed by atoms with Crippen LogP contribution < -0.4 is 5.32 Å². The first kappa shape index (κ1) is 11.9. The summed E-state index contributed by atoms with van der Waals surface area (Å²) in [6.07, 6.45) is 6.29. The lowest BCUT2D eigenvalue weighted by molar-refractivity contribution is -0.122. The van der Waals surface area contributed by atoms with Crippen LogP contribution in [0.15, 0.2) is 0 Å². The zero-order chi connectivity index (χ0) is 11.7. The molecule has 1 amide bonds. The molecule has 0 aliphatic heterocycles. The van der Waals surface area contributed by atoms with E-state index in [1.165, 1.54) is 25.7 Å². The zero-order valence-corrected chi connectivity index (χ0v) is 10.8. The van der Waals surface area contributed by atoms with Crippen LogP contribution in [0, 0.1) is 23.7 Å². The largest absolute Gasteiger partial charge is 0.353 e. The second-order valence-corrected chi connectivity index (χ2v) is 6.29. The minimum absolute atomic E-state index is 0.241. The lowest BCUT2D eigenvalue weighted by atomic mass is 9.84. The van der Waals surface area contributed by atoms with E-state index in [0.717, 1.165) is 17.8 Å². The Morgan fingerprint density at radius 2 is 2.00 bits per heavy atom. The molecule has 2 bridgehead atoms. The molecule has 0 saturated heterocycles. The molecule has 2 aliphatic rings. The van der Waals surface area contributed by atoms with Crippen molar-refractivity contribution in [3.05, 3.63) is 0 Å². The SMILES string of the molecule is CC(C)CC(=O)N[C@@H](C)[C@@H]1C[C@H]2CC[C@H]1C2.